The lowest BCUT2D eigenvalue weighted by Gasteiger charge is -2.20. The first kappa shape index (κ1) is 17.3. The van der Waals surface area contributed by atoms with E-state index in [0.29, 0.717) is 0 Å². The predicted molar refractivity (Wildman–Crippen MR) is 104 cm³/mol. The van der Waals surface area contributed by atoms with E-state index in [1.54, 1.807) is 17.6 Å². The third-order valence-corrected chi connectivity index (χ3v) is 6.45. The van der Waals surface area contributed by atoms with Gasteiger partial charge in [0.15, 0.2) is 0 Å². The second kappa shape index (κ2) is 6.88. The third-order valence-electron chi connectivity index (χ3n) is 5.26. The number of fused-ring (bicyclic) bond motifs is 3. The molecular weight excluding hydrogens is 346 g/mol. The van der Waals surface area contributed by atoms with Crippen LogP contribution in [0.15, 0.2) is 22.8 Å². The van der Waals surface area contributed by atoms with Crippen molar-refractivity contribution in [1.82, 2.24) is 4.98 Å². The van der Waals surface area contributed by atoms with Gasteiger partial charge in [-0.1, -0.05) is 13.3 Å². The summed E-state index contributed by atoms with van der Waals surface area (Å²) in [5, 5.41) is 1.18. The topological polar surface area (TPSA) is 52.3 Å². The fourth-order valence-corrected chi connectivity index (χ4v) is 5.49. The highest BCUT2D eigenvalue weighted by Gasteiger charge is 2.31. The van der Waals surface area contributed by atoms with Gasteiger partial charge in [-0.05, 0) is 55.9 Å². The molecule has 3 aromatic heterocycles. The molecule has 0 bridgehead atoms. The van der Waals surface area contributed by atoms with Crippen LogP contribution in [0.2, 0.25) is 0 Å². The summed E-state index contributed by atoms with van der Waals surface area (Å²) in [4.78, 5) is 20.0. The highest BCUT2D eigenvalue weighted by molar-refractivity contribution is 7.19. The van der Waals surface area contributed by atoms with Gasteiger partial charge in [-0.2, -0.15) is 0 Å². The first-order valence-corrected chi connectivity index (χ1v) is 10.0. The molecule has 1 atom stereocenters. The molecule has 0 amide bonds. The maximum Gasteiger partial charge on any atom is 0.313 e. The van der Waals surface area contributed by atoms with Gasteiger partial charge in [0.2, 0.25) is 0 Å². The second-order valence-electron chi connectivity index (χ2n) is 6.87. The summed E-state index contributed by atoms with van der Waals surface area (Å²) >= 11 is 1.79. The number of aryl methyl sites for hydroxylation is 3. The summed E-state index contributed by atoms with van der Waals surface area (Å²) in [6, 6.07) is 3.89. The van der Waals surface area contributed by atoms with Crippen LogP contribution in [-0.4, -0.2) is 18.1 Å². The van der Waals surface area contributed by atoms with Gasteiger partial charge in [-0.25, -0.2) is 4.98 Å². The van der Waals surface area contributed by atoms with E-state index in [1.165, 1.54) is 29.4 Å². The molecule has 3 aromatic rings. The lowest BCUT2D eigenvalue weighted by atomic mass is 9.86. The van der Waals surface area contributed by atoms with Gasteiger partial charge in [0, 0.05) is 21.5 Å². The smallest absolute Gasteiger partial charge is 0.313 e. The molecule has 0 radical (unpaired) electrons. The van der Waals surface area contributed by atoms with Crippen LogP contribution in [0.3, 0.4) is 0 Å². The number of esters is 1. The Morgan fingerprint density at radius 2 is 2.27 bits per heavy atom. The van der Waals surface area contributed by atoms with Gasteiger partial charge in [0.05, 0.1) is 19.3 Å². The Morgan fingerprint density at radius 3 is 2.96 bits per heavy atom. The number of ether oxygens (including phenoxy) is 1. The Labute approximate surface area is 157 Å². The van der Waals surface area contributed by atoms with Gasteiger partial charge in [-0.15, -0.1) is 11.3 Å². The highest BCUT2D eigenvalue weighted by Crippen LogP contribution is 2.46. The number of carbonyl (C=O) groups is 1. The number of furan rings is 1. The van der Waals surface area contributed by atoms with Crippen molar-refractivity contribution < 1.29 is 13.9 Å². The first-order chi connectivity index (χ1) is 12.7. The van der Waals surface area contributed by atoms with Crippen molar-refractivity contribution in [1.29, 1.82) is 0 Å². The summed E-state index contributed by atoms with van der Waals surface area (Å²) in [5.74, 6) is 0.294. The number of methoxy groups -OCH3 is 1. The van der Waals surface area contributed by atoms with Crippen LogP contribution in [-0.2, 0) is 22.4 Å². The van der Waals surface area contributed by atoms with Crippen LogP contribution in [0.25, 0.3) is 21.5 Å². The highest BCUT2D eigenvalue weighted by atomic mass is 32.1. The molecule has 1 aliphatic rings. The third kappa shape index (κ3) is 2.65. The van der Waals surface area contributed by atoms with E-state index in [0.717, 1.165) is 53.1 Å². The fraction of sp³-hybridized carbons (Fsp3) is 0.429. The van der Waals surface area contributed by atoms with Gasteiger partial charge in [0.25, 0.3) is 0 Å². The summed E-state index contributed by atoms with van der Waals surface area (Å²) in [6.07, 6.45) is 6.71. The molecule has 136 valence electrons. The van der Waals surface area contributed by atoms with Gasteiger partial charge < -0.3 is 9.15 Å². The summed E-state index contributed by atoms with van der Waals surface area (Å²) in [6.45, 7) is 4.09. The average Bonchev–Trinajstić information content (AvgIpc) is 3.35. The number of aromatic nitrogens is 1. The van der Waals surface area contributed by atoms with E-state index in [9.17, 15) is 4.79 Å². The molecule has 0 aliphatic heterocycles. The monoisotopic (exact) mass is 369 g/mol. The molecular formula is C21H23NO3S. The van der Waals surface area contributed by atoms with Crippen LogP contribution in [0.5, 0.6) is 0 Å². The van der Waals surface area contributed by atoms with Crippen LogP contribution in [0, 0.1) is 6.92 Å². The van der Waals surface area contributed by atoms with Crippen LogP contribution < -0.4 is 0 Å². The zero-order valence-electron chi connectivity index (χ0n) is 15.4. The lowest BCUT2D eigenvalue weighted by molar-refractivity contribution is -0.142. The Kier molecular flexibility index (Phi) is 4.57. The summed E-state index contributed by atoms with van der Waals surface area (Å²) in [7, 11) is 1.46. The fourth-order valence-electron chi connectivity index (χ4n) is 4.17. The molecule has 1 aliphatic carbocycles. The van der Waals surface area contributed by atoms with Crippen LogP contribution in [0.4, 0.5) is 0 Å². The maximum atomic E-state index is 12.6. The first-order valence-electron chi connectivity index (χ1n) is 9.22. The number of rotatable bonds is 5. The average molecular weight is 369 g/mol. The molecule has 0 saturated heterocycles. The quantitative estimate of drug-likeness (QED) is 0.564. The number of hydrogen-bond donors (Lipinski definition) is 0. The van der Waals surface area contributed by atoms with Crippen LogP contribution >= 0.6 is 11.3 Å². The summed E-state index contributed by atoms with van der Waals surface area (Å²) < 4.78 is 11.0. The number of hydrogen-bond acceptors (Lipinski definition) is 5. The van der Waals surface area contributed by atoms with E-state index in [4.69, 9.17) is 14.1 Å². The summed E-state index contributed by atoms with van der Waals surface area (Å²) in [5.41, 5.74) is 4.30. The number of nitrogens with zero attached hydrogens (tertiary/aromatic N) is 1. The van der Waals surface area contributed by atoms with Crippen molar-refractivity contribution >= 4 is 27.5 Å². The normalized spacial score (nSPS) is 14.6. The molecule has 3 heterocycles. The minimum absolute atomic E-state index is 0.198. The lowest BCUT2D eigenvalue weighted by Crippen LogP contribution is -2.17. The van der Waals surface area contributed by atoms with Crippen LogP contribution in [0.1, 0.15) is 53.8 Å². The number of pyridine rings is 1. The minimum atomic E-state index is -0.320. The van der Waals surface area contributed by atoms with Crippen molar-refractivity contribution in [2.24, 2.45) is 0 Å². The maximum absolute atomic E-state index is 12.6. The Morgan fingerprint density at radius 1 is 1.42 bits per heavy atom. The number of thiophene rings is 1. The molecule has 4 nitrogen and oxygen atoms in total. The van der Waals surface area contributed by atoms with Gasteiger partial charge >= 0.3 is 5.97 Å². The largest absolute Gasteiger partial charge is 0.469 e. The van der Waals surface area contributed by atoms with E-state index in [2.05, 4.69) is 6.92 Å². The molecule has 4 rings (SSSR count). The Balaban J connectivity index is 2.07. The standard InChI is InChI=1S/C21H23NO3S/c1-4-7-14(21(23)24-3)17-12(2)22-20-18(13-8-5-10-16(13)26-20)19(17)15-9-6-11-25-15/h6,9,11,14H,4-5,7-8,10H2,1-3H3. The molecule has 1 unspecified atom stereocenters. The second-order valence-corrected chi connectivity index (χ2v) is 7.95. The van der Waals surface area contributed by atoms with Crippen molar-refractivity contribution in [3.63, 3.8) is 0 Å². The molecule has 0 saturated carbocycles. The Hall–Kier alpha value is -2.14. The zero-order valence-corrected chi connectivity index (χ0v) is 16.2. The minimum Gasteiger partial charge on any atom is -0.469 e. The molecule has 0 aromatic carbocycles. The molecule has 26 heavy (non-hydrogen) atoms. The van der Waals surface area contributed by atoms with Crippen molar-refractivity contribution in [3.05, 3.63) is 40.1 Å². The van der Waals surface area contributed by atoms with E-state index >= 15 is 0 Å². The SMILES string of the molecule is CCCC(C(=O)OC)c1c(C)nc2sc3c(c2c1-c1ccco1)CCC3. The van der Waals surface area contributed by atoms with Gasteiger partial charge in [-0.3, -0.25) is 4.79 Å². The van der Waals surface area contributed by atoms with Gasteiger partial charge in [0.1, 0.15) is 10.6 Å². The molecule has 0 fully saturated rings. The Bertz CT molecular complexity index is 956. The van der Waals surface area contributed by atoms with E-state index < -0.39 is 0 Å². The zero-order chi connectivity index (χ0) is 18.3. The van der Waals surface area contributed by atoms with E-state index in [1.807, 2.05) is 19.1 Å². The number of carbonyl (C=O) groups excluding carboxylic acids is 1. The molecule has 0 spiro atoms. The molecule has 0 N–H and O–H groups in total. The van der Waals surface area contributed by atoms with Crippen molar-refractivity contribution in [3.8, 4) is 11.3 Å². The van der Waals surface area contributed by atoms with E-state index in [-0.39, 0.29) is 11.9 Å². The van der Waals surface area contributed by atoms with Crippen molar-refractivity contribution in [2.45, 2.75) is 51.9 Å². The molecule has 5 heteroatoms. The van der Waals surface area contributed by atoms with Crippen molar-refractivity contribution in [2.75, 3.05) is 7.11 Å². The predicted octanol–water partition coefficient (Wildman–Crippen LogP) is 5.41.